The third-order valence-corrected chi connectivity index (χ3v) is 5.24. The Balaban J connectivity index is 2.20. The second-order valence-electron chi connectivity index (χ2n) is 4.39. The Morgan fingerprint density at radius 1 is 1.15 bits per heavy atom. The molecule has 0 radical (unpaired) electrons. The molecule has 20 heavy (non-hydrogen) atoms. The number of rotatable bonds is 7. The van der Waals surface area contributed by atoms with E-state index in [2.05, 4.69) is 28.9 Å². The van der Waals surface area contributed by atoms with Crippen LogP contribution in [0.25, 0.3) is 0 Å². The van der Waals surface area contributed by atoms with Crippen molar-refractivity contribution in [3.8, 4) is 0 Å². The van der Waals surface area contributed by atoms with Crippen molar-refractivity contribution >= 4 is 34.3 Å². The van der Waals surface area contributed by atoms with Crippen molar-refractivity contribution < 1.29 is 9.47 Å². The zero-order valence-electron chi connectivity index (χ0n) is 11.6. The Labute approximate surface area is 132 Å². The van der Waals surface area contributed by atoms with Gasteiger partial charge in [-0.15, -0.1) is 22.7 Å². The number of ether oxygens (including phenoxy) is 2. The first kappa shape index (κ1) is 15.9. The molecule has 2 atom stereocenters. The van der Waals surface area contributed by atoms with Gasteiger partial charge in [0, 0.05) is 24.0 Å². The molecule has 2 heterocycles. The van der Waals surface area contributed by atoms with E-state index in [0.717, 1.165) is 4.34 Å². The molecule has 6 heteroatoms. The molecule has 0 amide bonds. The predicted molar refractivity (Wildman–Crippen MR) is 85.9 cm³/mol. The fourth-order valence-corrected chi connectivity index (χ4v) is 4.11. The minimum atomic E-state index is -0.284. The minimum absolute atomic E-state index is 0.0537. The summed E-state index contributed by atoms with van der Waals surface area (Å²) in [5.74, 6) is 0. The van der Waals surface area contributed by atoms with Gasteiger partial charge in [0.2, 0.25) is 0 Å². The Morgan fingerprint density at radius 2 is 1.90 bits per heavy atom. The van der Waals surface area contributed by atoms with Crippen LogP contribution in [0.2, 0.25) is 4.34 Å². The van der Waals surface area contributed by atoms with E-state index in [-0.39, 0.29) is 18.4 Å². The molecule has 0 fully saturated rings. The molecule has 0 aliphatic heterocycles. The lowest BCUT2D eigenvalue weighted by molar-refractivity contribution is -0.120. The van der Waals surface area contributed by atoms with Gasteiger partial charge in [-0.2, -0.15) is 0 Å². The van der Waals surface area contributed by atoms with Crippen LogP contribution in [-0.4, -0.2) is 26.6 Å². The molecule has 2 aromatic rings. The third kappa shape index (κ3) is 3.81. The average molecular weight is 332 g/mol. The Morgan fingerprint density at radius 3 is 2.40 bits per heavy atom. The van der Waals surface area contributed by atoms with Gasteiger partial charge in [0.25, 0.3) is 0 Å². The van der Waals surface area contributed by atoms with Gasteiger partial charge in [0.1, 0.15) is 0 Å². The minimum Gasteiger partial charge on any atom is -0.354 e. The first-order chi connectivity index (χ1) is 9.65. The van der Waals surface area contributed by atoms with Crippen molar-refractivity contribution in [2.24, 2.45) is 0 Å². The summed E-state index contributed by atoms with van der Waals surface area (Å²) in [4.78, 5) is 2.44. The van der Waals surface area contributed by atoms with Crippen LogP contribution in [0, 0.1) is 0 Å². The maximum absolute atomic E-state index is 6.06. The number of nitrogens with one attached hydrogen (secondary N) is 1. The molecule has 0 aliphatic rings. The summed E-state index contributed by atoms with van der Waals surface area (Å²) >= 11 is 9.38. The Kier molecular flexibility index (Phi) is 6.01. The van der Waals surface area contributed by atoms with Crippen molar-refractivity contribution in [3.05, 3.63) is 43.7 Å². The molecule has 2 unspecified atom stereocenters. The van der Waals surface area contributed by atoms with Gasteiger partial charge in [0.05, 0.1) is 16.4 Å². The molecule has 0 bridgehead atoms. The molecule has 0 aliphatic carbocycles. The maximum Gasteiger partial charge on any atom is 0.171 e. The molecule has 0 saturated heterocycles. The highest BCUT2D eigenvalue weighted by Crippen LogP contribution is 2.33. The largest absolute Gasteiger partial charge is 0.354 e. The first-order valence-corrected chi connectivity index (χ1v) is 8.33. The summed E-state index contributed by atoms with van der Waals surface area (Å²) in [6.45, 7) is 2.05. The molecule has 1 N–H and O–H groups in total. The Hall–Kier alpha value is -0.430. The highest BCUT2D eigenvalue weighted by molar-refractivity contribution is 7.16. The molecular weight excluding hydrogens is 314 g/mol. The standard InChI is InChI=1S/C14H18ClNO2S2/c1-9(14(17-2)18-3)16-13(10-5-4-8-19-10)11-6-7-12(15)20-11/h4-9,13-14,16H,1-3H3. The molecule has 110 valence electrons. The van der Waals surface area contributed by atoms with E-state index in [1.165, 1.54) is 9.75 Å². The zero-order chi connectivity index (χ0) is 14.5. The van der Waals surface area contributed by atoms with Gasteiger partial charge in [-0.05, 0) is 30.5 Å². The van der Waals surface area contributed by atoms with Gasteiger partial charge < -0.3 is 9.47 Å². The number of hydrogen-bond donors (Lipinski definition) is 1. The predicted octanol–water partition coefficient (Wildman–Crippen LogP) is 4.15. The van der Waals surface area contributed by atoms with E-state index >= 15 is 0 Å². The molecule has 3 nitrogen and oxygen atoms in total. The van der Waals surface area contributed by atoms with Gasteiger partial charge in [-0.3, -0.25) is 5.32 Å². The van der Waals surface area contributed by atoms with Gasteiger partial charge in [-0.1, -0.05) is 17.7 Å². The molecule has 2 aromatic heterocycles. The monoisotopic (exact) mass is 331 g/mol. The van der Waals surface area contributed by atoms with E-state index in [0.29, 0.717) is 0 Å². The number of hydrogen-bond acceptors (Lipinski definition) is 5. The van der Waals surface area contributed by atoms with Crippen LogP contribution in [-0.2, 0) is 9.47 Å². The van der Waals surface area contributed by atoms with Crippen molar-refractivity contribution in [2.75, 3.05) is 14.2 Å². The van der Waals surface area contributed by atoms with Crippen LogP contribution in [0.3, 0.4) is 0 Å². The topological polar surface area (TPSA) is 30.5 Å². The quantitative estimate of drug-likeness (QED) is 0.773. The summed E-state index contributed by atoms with van der Waals surface area (Å²) in [6, 6.07) is 8.33. The van der Waals surface area contributed by atoms with Crippen LogP contribution < -0.4 is 5.32 Å². The first-order valence-electron chi connectivity index (χ1n) is 6.26. The molecular formula is C14H18ClNO2S2. The highest BCUT2D eigenvalue weighted by atomic mass is 35.5. The van der Waals surface area contributed by atoms with Gasteiger partial charge >= 0.3 is 0 Å². The molecule has 0 spiro atoms. The highest BCUT2D eigenvalue weighted by Gasteiger charge is 2.23. The molecule has 0 saturated carbocycles. The van der Waals surface area contributed by atoms with Gasteiger partial charge in [0.15, 0.2) is 6.29 Å². The van der Waals surface area contributed by atoms with Crippen molar-refractivity contribution in [1.29, 1.82) is 0 Å². The summed E-state index contributed by atoms with van der Waals surface area (Å²) in [5.41, 5.74) is 0. The SMILES string of the molecule is COC(OC)C(C)NC(c1cccs1)c1ccc(Cl)s1. The summed E-state index contributed by atoms with van der Waals surface area (Å²) < 4.78 is 11.4. The number of methoxy groups -OCH3 is 2. The van der Waals surface area contributed by atoms with Crippen LogP contribution in [0.5, 0.6) is 0 Å². The second kappa shape index (κ2) is 7.54. The maximum atomic E-state index is 6.06. The average Bonchev–Trinajstić information content (AvgIpc) is 3.09. The van der Waals surface area contributed by atoms with Crippen LogP contribution in [0.15, 0.2) is 29.6 Å². The van der Waals surface area contributed by atoms with E-state index in [4.69, 9.17) is 21.1 Å². The van der Waals surface area contributed by atoms with Gasteiger partial charge in [-0.25, -0.2) is 0 Å². The van der Waals surface area contributed by atoms with Crippen LogP contribution >= 0.6 is 34.3 Å². The van der Waals surface area contributed by atoms with E-state index in [1.807, 2.05) is 13.0 Å². The second-order valence-corrected chi connectivity index (χ2v) is 7.11. The Bertz CT molecular complexity index is 511. The molecule has 0 aromatic carbocycles. The summed E-state index contributed by atoms with van der Waals surface area (Å²) in [6.07, 6.45) is -0.284. The summed E-state index contributed by atoms with van der Waals surface area (Å²) in [5, 5.41) is 5.64. The fraction of sp³-hybridized carbons (Fsp3) is 0.429. The number of halogens is 1. The lowest BCUT2D eigenvalue weighted by atomic mass is 10.1. The lowest BCUT2D eigenvalue weighted by Gasteiger charge is -2.26. The lowest BCUT2D eigenvalue weighted by Crippen LogP contribution is -2.41. The van der Waals surface area contributed by atoms with E-state index in [9.17, 15) is 0 Å². The zero-order valence-corrected chi connectivity index (χ0v) is 14.0. The summed E-state index contributed by atoms with van der Waals surface area (Å²) in [7, 11) is 3.29. The van der Waals surface area contributed by atoms with Crippen LogP contribution in [0.4, 0.5) is 0 Å². The van der Waals surface area contributed by atoms with Crippen LogP contribution in [0.1, 0.15) is 22.7 Å². The van der Waals surface area contributed by atoms with E-state index in [1.54, 1.807) is 36.9 Å². The normalized spacial score (nSPS) is 14.7. The fourth-order valence-electron chi connectivity index (χ4n) is 2.09. The van der Waals surface area contributed by atoms with Crippen molar-refractivity contribution in [2.45, 2.75) is 25.3 Å². The smallest absolute Gasteiger partial charge is 0.171 e. The number of thiophene rings is 2. The van der Waals surface area contributed by atoms with Crippen molar-refractivity contribution in [3.63, 3.8) is 0 Å². The molecule has 2 rings (SSSR count). The third-order valence-electron chi connectivity index (χ3n) is 3.01. The van der Waals surface area contributed by atoms with E-state index < -0.39 is 0 Å². The van der Waals surface area contributed by atoms with Crippen molar-refractivity contribution in [1.82, 2.24) is 5.32 Å².